The second-order valence-corrected chi connectivity index (χ2v) is 8.87. The summed E-state index contributed by atoms with van der Waals surface area (Å²) in [6.07, 6.45) is -4.70. The molecule has 0 fully saturated rings. The van der Waals surface area contributed by atoms with Gasteiger partial charge in [0.15, 0.2) is 0 Å². The molecule has 11 heteroatoms. The first-order chi connectivity index (χ1) is 13.4. The second kappa shape index (κ2) is 7.07. The number of hydrogen-bond donors (Lipinski definition) is 2. The van der Waals surface area contributed by atoms with Gasteiger partial charge < -0.3 is 11.1 Å². The van der Waals surface area contributed by atoms with E-state index in [9.17, 15) is 26.4 Å². The highest BCUT2D eigenvalue weighted by molar-refractivity contribution is 7.90. The molecule has 1 aromatic heterocycles. The molecule has 29 heavy (non-hydrogen) atoms. The van der Waals surface area contributed by atoms with E-state index >= 15 is 0 Å². The number of alkyl halides is 3. The van der Waals surface area contributed by atoms with Gasteiger partial charge >= 0.3 is 6.18 Å². The average molecular weight is 426 g/mol. The van der Waals surface area contributed by atoms with Crippen LogP contribution < -0.4 is 11.1 Å². The third-order valence-corrected chi connectivity index (χ3v) is 6.31. The molecule has 154 valence electrons. The highest BCUT2D eigenvalue weighted by atomic mass is 32.2. The summed E-state index contributed by atoms with van der Waals surface area (Å²) in [7, 11) is -3.85. The van der Waals surface area contributed by atoms with Crippen molar-refractivity contribution in [2.45, 2.75) is 25.3 Å². The zero-order chi connectivity index (χ0) is 21.6. The number of nitrogen functional groups attached to an aromatic ring is 1. The largest absolute Gasteiger partial charge is 0.417 e. The molecule has 1 amide bonds. The Labute approximate surface area is 164 Å². The topological polar surface area (TPSA) is 107 Å². The van der Waals surface area contributed by atoms with Crippen molar-refractivity contribution < 1.29 is 26.4 Å². The molecule has 0 atom stereocenters. The second-order valence-electron chi connectivity index (χ2n) is 6.53. The quantitative estimate of drug-likeness (QED) is 0.664. The molecule has 0 bridgehead atoms. The highest BCUT2D eigenvalue weighted by Gasteiger charge is 2.35. The lowest BCUT2D eigenvalue weighted by Crippen LogP contribution is -2.23. The van der Waals surface area contributed by atoms with Gasteiger partial charge in [-0.15, -0.1) is 0 Å². The number of aromatic nitrogens is 2. The van der Waals surface area contributed by atoms with Crippen LogP contribution in [-0.4, -0.2) is 28.5 Å². The van der Waals surface area contributed by atoms with E-state index in [4.69, 9.17) is 5.73 Å². The van der Waals surface area contributed by atoms with Crippen molar-refractivity contribution in [3.05, 3.63) is 53.6 Å². The van der Waals surface area contributed by atoms with Gasteiger partial charge in [-0.1, -0.05) is 12.1 Å². The van der Waals surface area contributed by atoms with E-state index in [1.807, 2.05) is 0 Å². The van der Waals surface area contributed by atoms with Crippen molar-refractivity contribution in [2.24, 2.45) is 0 Å². The van der Waals surface area contributed by atoms with Gasteiger partial charge in [-0.3, -0.25) is 4.79 Å². The van der Waals surface area contributed by atoms with Crippen molar-refractivity contribution in [3.63, 3.8) is 0 Å². The number of rotatable bonds is 4. The Bertz CT molecular complexity index is 1200. The van der Waals surface area contributed by atoms with Gasteiger partial charge in [0.2, 0.25) is 16.0 Å². The van der Waals surface area contributed by atoms with Crippen molar-refractivity contribution in [2.75, 3.05) is 11.1 Å². The molecule has 1 heterocycles. The number of anilines is 2. The van der Waals surface area contributed by atoms with Crippen LogP contribution in [0.2, 0.25) is 0 Å². The Morgan fingerprint density at radius 3 is 2.45 bits per heavy atom. The molecule has 0 spiro atoms. The maximum absolute atomic E-state index is 13.1. The first kappa shape index (κ1) is 20.6. The molecular weight excluding hydrogens is 409 g/mol. The number of hydrogen-bond acceptors (Lipinski definition) is 5. The Kier molecular flexibility index (Phi) is 5.03. The number of nitrogens with zero attached hydrogens (tertiary/aromatic N) is 2. The van der Waals surface area contributed by atoms with Crippen LogP contribution in [0, 0.1) is 0 Å². The molecule has 7 nitrogen and oxygen atoms in total. The fourth-order valence-electron chi connectivity index (χ4n) is 2.76. The van der Waals surface area contributed by atoms with Crippen LogP contribution in [0.15, 0.2) is 42.5 Å². The van der Waals surface area contributed by atoms with Gasteiger partial charge in [0, 0.05) is 5.69 Å². The highest BCUT2D eigenvalue weighted by Crippen LogP contribution is 2.32. The van der Waals surface area contributed by atoms with Crippen LogP contribution >= 0.6 is 0 Å². The fraction of sp³-hybridized carbons (Fsp3) is 0.222. The standard InChI is InChI=1S/C18H17F3N4O3S/c1-10(2)29(27,28)25-15-9-11(7-8-14(15)24-17(25)22)23-16(26)12-5-3-4-6-13(12)18(19,20)21/h3-10H,1-2H3,(H2,22,24)(H,23,26). The van der Waals surface area contributed by atoms with Crippen LogP contribution in [0.3, 0.4) is 0 Å². The first-order valence-electron chi connectivity index (χ1n) is 8.43. The van der Waals surface area contributed by atoms with E-state index in [-0.39, 0.29) is 22.7 Å². The number of nitrogens with one attached hydrogen (secondary N) is 1. The molecule has 0 saturated carbocycles. The van der Waals surface area contributed by atoms with Crippen LogP contribution in [0.25, 0.3) is 11.0 Å². The monoisotopic (exact) mass is 426 g/mol. The maximum atomic E-state index is 13.1. The van der Waals surface area contributed by atoms with Crippen molar-refractivity contribution in [1.82, 2.24) is 8.96 Å². The number of nitrogens with two attached hydrogens (primary N) is 1. The summed E-state index contributed by atoms with van der Waals surface area (Å²) in [5, 5.41) is 1.57. The van der Waals surface area contributed by atoms with Crippen LogP contribution in [0.5, 0.6) is 0 Å². The lowest BCUT2D eigenvalue weighted by molar-refractivity contribution is -0.137. The summed E-state index contributed by atoms with van der Waals surface area (Å²) in [5.74, 6) is -1.23. The molecule has 0 unspecified atom stereocenters. The lowest BCUT2D eigenvalue weighted by Gasteiger charge is -2.13. The van der Waals surface area contributed by atoms with Crippen molar-refractivity contribution in [1.29, 1.82) is 0 Å². The van der Waals surface area contributed by atoms with Crippen LogP contribution in [0.4, 0.5) is 24.8 Å². The Hall–Kier alpha value is -3.08. The zero-order valence-corrected chi connectivity index (χ0v) is 16.2. The predicted molar refractivity (Wildman–Crippen MR) is 103 cm³/mol. The number of fused-ring (bicyclic) bond motifs is 1. The summed E-state index contributed by atoms with van der Waals surface area (Å²) >= 11 is 0. The molecule has 0 aliphatic rings. The average Bonchev–Trinajstić information content (AvgIpc) is 2.96. The van der Waals surface area contributed by atoms with Crippen molar-refractivity contribution in [3.8, 4) is 0 Å². The van der Waals surface area contributed by atoms with Gasteiger partial charge in [0.05, 0.1) is 27.4 Å². The molecule has 3 rings (SSSR count). The molecule has 3 N–H and O–H groups in total. The van der Waals surface area contributed by atoms with E-state index < -0.39 is 38.5 Å². The number of imidazole rings is 1. The van der Waals surface area contributed by atoms with Crippen LogP contribution in [-0.2, 0) is 16.2 Å². The Morgan fingerprint density at radius 2 is 1.83 bits per heavy atom. The summed E-state index contributed by atoms with van der Waals surface area (Å²) < 4.78 is 65.4. The smallest absolute Gasteiger partial charge is 0.368 e. The minimum absolute atomic E-state index is 0.0968. The van der Waals surface area contributed by atoms with Crippen LogP contribution in [0.1, 0.15) is 29.8 Å². The zero-order valence-electron chi connectivity index (χ0n) is 15.4. The maximum Gasteiger partial charge on any atom is 0.417 e. The summed E-state index contributed by atoms with van der Waals surface area (Å²) in [4.78, 5) is 16.4. The summed E-state index contributed by atoms with van der Waals surface area (Å²) in [6, 6.07) is 8.48. The predicted octanol–water partition coefficient (Wildman–Crippen LogP) is 3.48. The summed E-state index contributed by atoms with van der Waals surface area (Å²) in [5.41, 5.74) is 4.59. The molecule has 0 aliphatic carbocycles. The van der Waals surface area contributed by atoms with E-state index in [1.54, 1.807) is 0 Å². The number of benzene rings is 2. The summed E-state index contributed by atoms with van der Waals surface area (Å²) in [6.45, 7) is 2.95. The molecule has 2 aromatic carbocycles. The van der Waals surface area contributed by atoms with E-state index in [0.717, 1.165) is 16.1 Å². The molecule has 3 aromatic rings. The SMILES string of the molecule is CC(C)S(=O)(=O)n1c(N)nc2ccc(NC(=O)c3ccccc3C(F)(F)F)cc21. The number of amides is 1. The van der Waals surface area contributed by atoms with Gasteiger partial charge in [-0.2, -0.15) is 13.2 Å². The van der Waals surface area contributed by atoms with Gasteiger partial charge in [-0.25, -0.2) is 17.4 Å². The Morgan fingerprint density at radius 1 is 1.17 bits per heavy atom. The molecule has 0 radical (unpaired) electrons. The normalized spacial score (nSPS) is 12.5. The number of halogens is 3. The number of carbonyl (C=O) groups excluding carboxylic acids is 1. The minimum Gasteiger partial charge on any atom is -0.368 e. The molecule has 0 saturated heterocycles. The first-order valence-corrected chi connectivity index (χ1v) is 9.93. The number of carbonyl (C=O) groups is 1. The third-order valence-electron chi connectivity index (χ3n) is 4.22. The fourth-order valence-corrected chi connectivity index (χ4v) is 3.90. The third kappa shape index (κ3) is 3.77. The minimum atomic E-state index is -4.70. The van der Waals surface area contributed by atoms with Gasteiger partial charge in [0.1, 0.15) is 0 Å². The molecule has 0 aliphatic heterocycles. The van der Waals surface area contributed by atoms with Gasteiger partial charge in [-0.05, 0) is 44.2 Å². The van der Waals surface area contributed by atoms with E-state index in [0.29, 0.717) is 0 Å². The van der Waals surface area contributed by atoms with E-state index in [1.165, 1.54) is 44.2 Å². The van der Waals surface area contributed by atoms with E-state index in [2.05, 4.69) is 10.3 Å². The molecular formula is C18H17F3N4O3S. The van der Waals surface area contributed by atoms with Gasteiger partial charge in [0.25, 0.3) is 5.91 Å². The lowest BCUT2D eigenvalue weighted by atomic mass is 10.1. The Balaban J connectivity index is 2.04. The van der Waals surface area contributed by atoms with Crippen molar-refractivity contribution >= 4 is 38.6 Å².